The highest BCUT2D eigenvalue weighted by molar-refractivity contribution is 14.1. The van der Waals surface area contributed by atoms with Gasteiger partial charge in [-0.25, -0.2) is 9.97 Å². The summed E-state index contributed by atoms with van der Waals surface area (Å²) >= 11 is 2.28. The van der Waals surface area contributed by atoms with Crippen LogP contribution >= 0.6 is 22.6 Å². The predicted molar refractivity (Wildman–Crippen MR) is 71.3 cm³/mol. The van der Waals surface area contributed by atoms with Crippen LogP contribution < -0.4 is 5.32 Å². The third-order valence-electron chi connectivity index (χ3n) is 2.06. The van der Waals surface area contributed by atoms with Crippen LogP contribution in [0.1, 0.15) is 11.3 Å². The molecule has 5 heteroatoms. The molecule has 0 amide bonds. The lowest BCUT2D eigenvalue weighted by Crippen LogP contribution is -2.02. The largest absolute Gasteiger partial charge is 0.366 e. The Kier molecular flexibility index (Phi) is 4.03. The number of alkyl halides is 1. The molecule has 2 heterocycles. The summed E-state index contributed by atoms with van der Waals surface area (Å²) in [4.78, 5) is 12.4. The fourth-order valence-corrected chi connectivity index (χ4v) is 1.68. The highest BCUT2D eigenvalue weighted by Gasteiger charge is 1.97. The summed E-state index contributed by atoms with van der Waals surface area (Å²) in [5.74, 6) is 0.852. The van der Waals surface area contributed by atoms with Crippen molar-refractivity contribution in [3.63, 3.8) is 0 Å². The van der Waals surface area contributed by atoms with E-state index in [4.69, 9.17) is 0 Å². The molecule has 2 aromatic rings. The highest BCUT2D eigenvalue weighted by Crippen LogP contribution is 2.08. The van der Waals surface area contributed by atoms with E-state index < -0.39 is 0 Å². The van der Waals surface area contributed by atoms with Crippen LogP contribution in [-0.4, -0.2) is 15.0 Å². The molecule has 0 spiro atoms. The van der Waals surface area contributed by atoms with Crippen LogP contribution in [0.4, 0.5) is 5.82 Å². The van der Waals surface area contributed by atoms with Crippen molar-refractivity contribution in [3.8, 4) is 0 Å². The normalized spacial score (nSPS) is 10.1. The van der Waals surface area contributed by atoms with Gasteiger partial charge in [-0.1, -0.05) is 28.7 Å². The number of pyridine rings is 1. The molecule has 1 N–H and O–H groups in total. The van der Waals surface area contributed by atoms with Gasteiger partial charge < -0.3 is 5.32 Å². The van der Waals surface area contributed by atoms with Gasteiger partial charge in [0.25, 0.3) is 0 Å². The van der Waals surface area contributed by atoms with Crippen molar-refractivity contribution in [2.24, 2.45) is 0 Å². The Morgan fingerprint density at radius 3 is 3.00 bits per heavy atom. The molecule has 16 heavy (non-hydrogen) atoms. The molecular formula is C11H11IN4. The zero-order valence-corrected chi connectivity index (χ0v) is 10.8. The van der Waals surface area contributed by atoms with E-state index in [0.717, 1.165) is 28.0 Å². The molecule has 0 saturated heterocycles. The van der Waals surface area contributed by atoms with Crippen LogP contribution in [0.15, 0.2) is 36.9 Å². The first-order valence-electron chi connectivity index (χ1n) is 4.88. The smallest absolute Gasteiger partial charge is 0.129 e. The average molecular weight is 326 g/mol. The number of nitrogens with zero attached hydrogens (tertiary/aromatic N) is 3. The van der Waals surface area contributed by atoms with Crippen molar-refractivity contribution in [1.29, 1.82) is 0 Å². The Hall–Kier alpha value is -1.24. The summed E-state index contributed by atoms with van der Waals surface area (Å²) < 4.78 is 0.891. The van der Waals surface area contributed by atoms with E-state index in [1.807, 2.05) is 24.4 Å². The van der Waals surface area contributed by atoms with Gasteiger partial charge in [0.1, 0.15) is 12.1 Å². The summed E-state index contributed by atoms with van der Waals surface area (Å²) in [6.45, 7) is 0.728. The van der Waals surface area contributed by atoms with Crippen molar-refractivity contribution in [2.45, 2.75) is 11.0 Å². The maximum absolute atomic E-state index is 4.16. The number of hydrogen-bond donors (Lipinski definition) is 1. The lowest BCUT2D eigenvalue weighted by atomic mass is 10.3. The van der Waals surface area contributed by atoms with Gasteiger partial charge in [-0.15, -0.1) is 0 Å². The van der Waals surface area contributed by atoms with Gasteiger partial charge >= 0.3 is 0 Å². The Labute approximate surface area is 108 Å². The second kappa shape index (κ2) is 5.74. The third-order valence-corrected chi connectivity index (χ3v) is 2.84. The zero-order valence-electron chi connectivity index (χ0n) is 8.60. The minimum absolute atomic E-state index is 0.728. The van der Waals surface area contributed by atoms with Gasteiger partial charge in [0.15, 0.2) is 0 Å². The van der Waals surface area contributed by atoms with E-state index >= 15 is 0 Å². The van der Waals surface area contributed by atoms with E-state index in [9.17, 15) is 0 Å². The Morgan fingerprint density at radius 2 is 2.25 bits per heavy atom. The fraction of sp³-hybridized carbons (Fsp3) is 0.182. The van der Waals surface area contributed by atoms with Crippen LogP contribution in [0.5, 0.6) is 0 Å². The maximum Gasteiger partial charge on any atom is 0.129 e. The number of nitrogens with one attached hydrogen (secondary N) is 1. The van der Waals surface area contributed by atoms with Gasteiger partial charge in [0.05, 0.1) is 5.69 Å². The molecule has 4 nitrogen and oxygen atoms in total. The maximum atomic E-state index is 4.16. The second-order valence-electron chi connectivity index (χ2n) is 3.24. The highest BCUT2D eigenvalue weighted by atomic mass is 127. The molecule has 0 aliphatic heterocycles. The first-order chi connectivity index (χ1) is 7.88. The summed E-state index contributed by atoms with van der Waals surface area (Å²) in [7, 11) is 0. The number of anilines is 1. The topological polar surface area (TPSA) is 50.7 Å². The molecule has 82 valence electrons. The quantitative estimate of drug-likeness (QED) is 0.693. The number of rotatable bonds is 4. The summed E-state index contributed by atoms with van der Waals surface area (Å²) in [6.07, 6.45) is 5.19. The monoisotopic (exact) mass is 326 g/mol. The van der Waals surface area contributed by atoms with Crippen molar-refractivity contribution >= 4 is 28.4 Å². The molecule has 2 aromatic heterocycles. The second-order valence-corrected chi connectivity index (χ2v) is 4.01. The first-order valence-corrected chi connectivity index (χ1v) is 6.40. The van der Waals surface area contributed by atoms with Crippen LogP contribution in [0, 0.1) is 0 Å². The van der Waals surface area contributed by atoms with Gasteiger partial charge in [0, 0.05) is 29.4 Å². The summed E-state index contributed by atoms with van der Waals surface area (Å²) in [5.41, 5.74) is 2.17. The molecule has 0 radical (unpaired) electrons. The summed E-state index contributed by atoms with van der Waals surface area (Å²) in [6, 6.07) is 5.91. The molecule has 0 bridgehead atoms. The Bertz CT molecular complexity index is 447. The van der Waals surface area contributed by atoms with E-state index in [-0.39, 0.29) is 0 Å². The lowest BCUT2D eigenvalue weighted by Gasteiger charge is -2.05. The molecule has 0 aliphatic carbocycles. The van der Waals surface area contributed by atoms with Gasteiger partial charge in [0.2, 0.25) is 0 Å². The SMILES string of the molecule is ICc1cc(NCc2cccnc2)ncn1. The van der Waals surface area contributed by atoms with E-state index in [1.165, 1.54) is 0 Å². The first kappa shape index (κ1) is 11.3. The number of halogens is 1. The molecule has 0 atom stereocenters. The standard InChI is InChI=1S/C11H11IN4/c12-5-10-4-11(16-8-15-10)14-7-9-2-1-3-13-6-9/h1-4,6,8H,5,7H2,(H,14,15,16). The molecule has 0 fully saturated rings. The Morgan fingerprint density at radius 1 is 1.31 bits per heavy atom. The van der Waals surface area contributed by atoms with Crippen LogP contribution in [0.3, 0.4) is 0 Å². The lowest BCUT2D eigenvalue weighted by molar-refractivity contribution is 1.04. The third kappa shape index (κ3) is 3.13. The molecular weight excluding hydrogens is 315 g/mol. The molecule has 0 saturated carbocycles. The van der Waals surface area contributed by atoms with Crippen molar-refractivity contribution in [2.75, 3.05) is 5.32 Å². The van der Waals surface area contributed by atoms with Crippen molar-refractivity contribution in [3.05, 3.63) is 48.2 Å². The Balaban J connectivity index is 1.99. The van der Waals surface area contributed by atoms with Crippen LogP contribution in [0.25, 0.3) is 0 Å². The minimum atomic E-state index is 0.728. The van der Waals surface area contributed by atoms with Crippen molar-refractivity contribution in [1.82, 2.24) is 15.0 Å². The van der Waals surface area contributed by atoms with E-state index in [1.54, 1.807) is 12.5 Å². The van der Waals surface area contributed by atoms with Gasteiger partial charge in [-0.2, -0.15) is 0 Å². The molecule has 2 rings (SSSR count). The van der Waals surface area contributed by atoms with Crippen LogP contribution in [-0.2, 0) is 11.0 Å². The minimum Gasteiger partial charge on any atom is -0.366 e. The van der Waals surface area contributed by atoms with Gasteiger partial charge in [-0.3, -0.25) is 4.98 Å². The summed E-state index contributed by atoms with van der Waals surface area (Å²) in [5, 5.41) is 3.24. The molecule has 0 unspecified atom stereocenters. The van der Waals surface area contributed by atoms with E-state index in [2.05, 4.69) is 42.9 Å². The molecule has 0 aromatic carbocycles. The fourth-order valence-electron chi connectivity index (χ4n) is 1.26. The van der Waals surface area contributed by atoms with E-state index in [0.29, 0.717) is 0 Å². The number of hydrogen-bond acceptors (Lipinski definition) is 4. The molecule has 0 aliphatic rings. The van der Waals surface area contributed by atoms with Gasteiger partial charge in [-0.05, 0) is 11.6 Å². The number of aromatic nitrogens is 3. The zero-order chi connectivity index (χ0) is 11.2. The van der Waals surface area contributed by atoms with Crippen molar-refractivity contribution < 1.29 is 0 Å². The average Bonchev–Trinajstić information content (AvgIpc) is 2.38. The van der Waals surface area contributed by atoms with Crippen LogP contribution in [0.2, 0.25) is 0 Å². The predicted octanol–water partition coefficient (Wildman–Crippen LogP) is 2.42.